The molecule has 0 bridgehead atoms. The normalized spacial score (nSPS) is 37.9. The predicted octanol–water partition coefficient (Wildman–Crippen LogP) is 2.88. The average Bonchev–Trinajstić information content (AvgIpc) is 3.01. The van der Waals surface area contributed by atoms with Crippen LogP contribution in [0.2, 0.25) is 18.1 Å². The van der Waals surface area contributed by atoms with Gasteiger partial charge in [-0.25, -0.2) is 4.79 Å². The van der Waals surface area contributed by atoms with Gasteiger partial charge >= 0.3 is 6.03 Å². The minimum atomic E-state index is -1.89. The molecular weight excluding hydrogens is 394 g/mol. The summed E-state index contributed by atoms with van der Waals surface area (Å²) in [5.74, 6) is -0.686. The molecule has 160 valence electrons. The van der Waals surface area contributed by atoms with Crippen molar-refractivity contribution >= 4 is 26.1 Å². The van der Waals surface area contributed by atoms with E-state index in [1.54, 1.807) is 18.0 Å². The molecule has 0 aromatic heterocycles. The summed E-state index contributed by atoms with van der Waals surface area (Å²) in [5.41, 5.74) is 6.60. The van der Waals surface area contributed by atoms with E-state index in [4.69, 9.17) is 19.6 Å². The summed E-state index contributed by atoms with van der Waals surface area (Å²) in [7, 11) is -1.89. The van der Waals surface area contributed by atoms with Gasteiger partial charge in [-0.15, -0.1) is 11.8 Å². The highest BCUT2D eigenvalue weighted by Gasteiger charge is 2.61. The van der Waals surface area contributed by atoms with Gasteiger partial charge in [-0.2, -0.15) is 0 Å². The van der Waals surface area contributed by atoms with E-state index >= 15 is 0 Å². The van der Waals surface area contributed by atoms with E-state index < -0.39 is 19.8 Å². The van der Waals surface area contributed by atoms with Gasteiger partial charge in [0.1, 0.15) is 17.9 Å². The summed E-state index contributed by atoms with van der Waals surface area (Å²) in [6.45, 7) is 17.6. The van der Waals surface area contributed by atoms with E-state index in [-0.39, 0.29) is 33.8 Å². The maximum absolute atomic E-state index is 12.0. The number of ether oxygens (including phenoxy) is 2. The van der Waals surface area contributed by atoms with Crippen LogP contribution in [0.4, 0.5) is 4.79 Å². The zero-order chi connectivity index (χ0) is 21.1. The highest BCUT2D eigenvalue weighted by Crippen LogP contribution is 2.50. The molecule has 0 aromatic rings. The van der Waals surface area contributed by atoms with E-state index in [9.17, 15) is 4.79 Å². The molecule has 0 aliphatic carbocycles. The predicted molar refractivity (Wildman–Crippen MR) is 114 cm³/mol. The summed E-state index contributed by atoms with van der Waals surface area (Å²) in [6, 6.07) is -0.301. The fourth-order valence-corrected chi connectivity index (χ4v) is 6.46. The molecule has 7 nitrogen and oxygen atoms in total. The second-order valence-corrected chi connectivity index (χ2v) is 16.2. The van der Waals surface area contributed by atoms with Gasteiger partial charge in [0.05, 0.1) is 10.5 Å². The van der Waals surface area contributed by atoms with Gasteiger partial charge in [0.2, 0.25) is 0 Å². The largest absolute Gasteiger partial charge is 0.416 e. The van der Waals surface area contributed by atoms with Gasteiger partial charge in [0.15, 0.2) is 14.1 Å². The Balaban J connectivity index is 1.84. The lowest BCUT2D eigenvalue weighted by atomic mass is 9.91. The van der Waals surface area contributed by atoms with E-state index in [2.05, 4.69) is 44.5 Å². The van der Waals surface area contributed by atoms with Crippen molar-refractivity contribution in [2.75, 3.05) is 6.61 Å². The number of hydrogen-bond donors (Lipinski definition) is 3. The van der Waals surface area contributed by atoms with Gasteiger partial charge in [0, 0.05) is 12.8 Å². The van der Waals surface area contributed by atoms with Crippen LogP contribution >= 0.6 is 11.8 Å². The number of nitrogens with two attached hydrogens (primary N) is 1. The Kier molecular flexibility index (Phi) is 5.52. The van der Waals surface area contributed by atoms with Crippen molar-refractivity contribution in [3.8, 4) is 0 Å². The molecule has 9 heteroatoms. The molecule has 3 aliphatic heterocycles. The summed E-state index contributed by atoms with van der Waals surface area (Å²) in [5, 5.41) is 5.63. The molecule has 28 heavy (non-hydrogen) atoms. The first-order valence-corrected chi connectivity index (χ1v) is 13.7. The molecule has 3 aliphatic rings. The molecule has 5 atom stereocenters. The van der Waals surface area contributed by atoms with Crippen molar-refractivity contribution in [2.24, 2.45) is 5.73 Å². The first kappa shape index (κ1) is 22.1. The molecule has 0 saturated carbocycles. The van der Waals surface area contributed by atoms with Crippen LogP contribution < -0.4 is 16.4 Å². The molecule has 0 radical (unpaired) electrons. The monoisotopic (exact) mass is 429 g/mol. The molecule has 0 aromatic carbocycles. The lowest BCUT2D eigenvalue weighted by Crippen LogP contribution is -2.69. The van der Waals surface area contributed by atoms with Crippen LogP contribution in [-0.2, 0) is 13.9 Å². The lowest BCUT2D eigenvalue weighted by Gasteiger charge is -2.41. The van der Waals surface area contributed by atoms with Gasteiger partial charge < -0.3 is 30.3 Å². The molecule has 2 saturated heterocycles. The van der Waals surface area contributed by atoms with Crippen molar-refractivity contribution in [3.05, 3.63) is 11.8 Å². The van der Waals surface area contributed by atoms with Gasteiger partial charge in [-0.3, -0.25) is 0 Å². The summed E-state index contributed by atoms with van der Waals surface area (Å²) < 4.78 is 19.0. The fraction of sp³-hybridized carbons (Fsp3) is 0.842. The van der Waals surface area contributed by atoms with Crippen molar-refractivity contribution in [2.45, 2.75) is 93.8 Å². The van der Waals surface area contributed by atoms with Crippen LogP contribution in [0.1, 0.15) is 41.5 Å². The number of carbonyl (C=O) groups excluding carboxylic acids is 1. The average molecular weight is 430 g/mol. The Bertz CT molecular complexity index is 679. The van der Waals surface area contributed by atoms with Crippen LogP contribution in [0.15, 0.2) is 11.8 Å². The first-order valence-electron chi connectivity index (χ1n) is 9.86. The molecule has 3 heterocycles. The number of hydrogen-bond acceptors (Lipinski definition) is 6. The Morgan fingerprint density at radius 1 is 1.29 bits per heavy atom. The van der Waals surface area contributed by atoms with Crippen molar-refractivity contribution in [1.82, 2.24) is 10.6 Å². The van der Waals surface area contributed by atoms with E-state index in [1.807, 2.05) is 20.8 Å². The van der Waals surface area contributed by atoms with Crippen LogP contribution in [0.5, 0.6) is 0 Å². The Hall–Kier alpha value is -0.583. The lowest BCUT2D eigenvalue weighted by molar-refractivity contribution is -0.148. The molecule has 4 N–H and O–H groups in total. The SMILES string of the molecule is CC1=CNC(=O)NC1(N)[C@H]1S[C@H](CO[Si](C)(C)C(C)(C)C)[C@H]2OC(C)(C)O[C@H]21. The number of thioether (sulfide) groups is 1. The quantitative estimate of drug-likeness (QED) is 0.595. The fourth-order valence-electron chi connectivity index (χ4n) is 3.60. The highest BCUT2D eigenvalue weighted by atomic mass is 32.2. The standard InChI is InChI=1S/C19H35N3O4SSi/c1-11-9-21-16(23)22-19(11,20)15-14-13(25-18(5,6)26-14)12(27-15)10-24-28(7,8)17(2,3)4/h9,12-15H,10,20H2,1-8H3,(H2,21,22,23)/t12-,13-,14-,15+,19?/m1/s1. The Morgan fingerprint density at radius 2 is 1.89 bits per heavy atom. The second kappa shape index (κ2) is 6.99. The van der Waals surface area contributed by atoms with Crippen LogP contribution in [0, 0.1) is 0 Å². The highest BCUT2D eigenvalue weighted by molar-refractivity contribution is 8.01. The maximum atomic E-state index is 12.0. The van der Waals surface area contributed by atoms with Crippen LogP contribution in [-0.4, -0.2) is 55.1 Å². The van der Waals surface area contributed by atoms with Gasteiger partial charge in [-0.05, 0) is 44.5 Å². The Morgan fingerprint density at radius 3 is 2.50 bits per heavy atom. The second-order valence-electron chi connectivity index (χ2n) is 10.0. The number of nitrogens with one attached hydrogen (secondary N) is 2. The molecule has 2 amide bonds. The van der Waals surface area contributed by atoms with Crippen molar-refractivity contribution in [3.63, 3.8) is 0 Å². The first-order chi connectivity index (χ1) is 12.7. The summed E-state index contributed by atoms with van der Waals surface area (Å²) in [4.78, 5) is 12.0. The Labute approximate surface area is 173 Å². The minimum Gasteiger partial charge on any atom is -0.416 e. The van der Waals surface area contributed by atoms with E-state index in [0.717, 1.165) is 5.57 Å². The van der Waals surface area contributed by atoms with Crippen LogP contribution in [0.3, 0.4) is 0 Å². The molecule has 0 spiro atoms. The number of rotatable bonds is 4. The van der Waals surface area contributed by atoms with Crippen molar-refractivity contribution < 1.29 is 18.7 Å². The maximum Gasteiger partial charge on any atom is 0.320 e. The number of carbonyl (C=O) groups is 1. The zero-order valence-corrected chi connectivity index (χ0v) is 20.0. The number of amides is 2. The minimum absolute atomic E-state index is 0.0888. The van der Waals surface area contributed by atoms with Gasteiger partial charge in [-0.1, -0.05) is 20.8 Å². The number of urea groups is 1. The summed E-state index contributed by atoms with van der Waals surface area (Å²) >= 11 is 1.70. The summed E-state index contributed by atoms with van der Waals surface area (Å²) in [6.07, 6.45) is 1.32. The molecule has 2 fully saturated rings. The third kappa shape index (κ3) is 3.89. The van der Waals surface area contributed by atoms with E-state index in [1.165, 1.54) is 0 Å². The molecule has 3 rings (SSSR count). The number of fused-ring (bicyclic) bond motifs is 1. The van der Waals surface area contributed by atoms with Gasteiger partial charge in [0.25, 0.3) is 0 Å². The smallest absolute Gasteiger partial charge is 0.320 e. The topological polar surface area (TPSA) is 94.8 Å². The van der Waals surface area contributed by atoms with Crippen LogP contribution in [0.25, 0.3) is 0 Å². The third-order valence-electron chi connectivity index (χ3n) is 6.41. The zero-order valence-electron chi connectivity index (χ0n) is 18.2. The molecule has 1 unspecified atom stereocenters. The van der Waals surface area contributed by atoms with E-state index in [0.29, 0.717) is 6.61 Å². The third-order valence-corrected chi connectivity index (χ3v) is 12.6. The van der Waals surface area contributed by atoms with Crippen molar-refractivity contribution in [1.29, 1.82) is 0 Å². The molecular formula is C19H35N3O4SSi.